The van der Waals surface area contributed by atoms with Gasteiger partial charge in [0.15, 0.2) is 0 Å². The molecule has 2 aliphatic rings. The summed E-state index contributed by atoms with van der Waals surface area (Å²) in [6.45, 7) is 2.36. The summed E-state index contributed by atoms with van der Waals surface area (Å²) in [7, 11) is 2.21. The molecule has 0 amide bonds. The molecule has 1 aromatic carbocycles. The minimum atomic E-state index is 0.415. The SMILES string of the molecule is CN1CCC2NNC(c3ccccc3Br)C2C1. The highest BCUT2D eigenvalue weighted by molar-refractivity contribution is 9.10. The lowest BCUT2D eigenvalue weighted by molar-refractivity contribution is 0.185. The van der Waals surface area contributed by atoms with Crippen LogP contribution in [0, 0.1) is 5.92 Å². The van der Waals surface area contributed by atoms with Gasteiger partial charge in [0.25, 0.3) is 0 Å². The topological polar surface area (TPSA) is 27.3 Å². The number of benzene rings is 1. The van der Waals surface area contributed by atoms with Crippen molar-refractivity contribution in [3.63, 3.8) is 0 Å². The lowest BCUT2D eigenvalue weighted by Gasteiger charge is -2.34. The summed E-state index contributed by atoms with van der Waals surface area (Å²) in [5.74, 6) is 0.660. The van der Waals surface area contributed by atoms with Crippen LogP contribution >= 0.6 is 15.9 Å². The highest BCUT2D eigenvalue weighted by atomic mass is 79.9. The van der Waals surface area contributed by atoms with Gasteiger partial charge in [0.05, 0.1) is 6.04 Å². The fourth-order valence-electron chi connectivity index (χ4n) is 3.01. The molecule has 3 rings (SSSR count). The number of fused-ring (bicyclic) bond motifs is 1. The highest BCUT2D eigenvalue weighted by Crippen LogP contribution is 2.36. The molecule has 92 valence electrons. The predicted molar refractivity (Wildman–Crippen MR) is 72.5 cm³/mol. The second kappa shape index (κ2) is 4.69. The number of piperidine rings is 1. The molecular weight excluding hydrogens is 278 g/mol. The molecule has 2 fully saturated rings. The zero-order chi connectivity index (χ0) is 11.8. The van der Waals surface area contributed by atoms with Crippen molar-refractivity contribution < 1.29 is 0 Å². The van der Waals surface area contributed by atoms with Crippen molar-refractivity contribution >= 4 is 15.9 Å². The average Bonchev–Trinajstić information content (AvgIpc) is 2.72. The minimum absolute atomic E-state index is 0.415. The molecule has 0 saturated carbocycles. The zero-order valence-corrected chi connectivity index (χ0v) is 11.6. The van der Waals surface area contributed by atoms with Crippen molar-refractivity contribution in [2.75, 3.05) is 20.1 Å². The summed E-state index contributed by atoms with van der Waals surface area (Å²) in [6, 6.07) is 9.54. The Hall–Kier alpha value is -0.420. The van der Waals surface area contributed by atoms with Crippen LogP contribution in [-0.2, 0) is 0 Å². The second-order valence-electron chi connectivity index (χ2n) is 5.11. The van der Waals surface area contributed by atoms with Gasteiger partial charge in [-0.25, -0.2) is 5.43 Å². The van der Waals surface area contributed by atoms with Crippen LogP contribution in [0.25, 0.3) is 0 Å². The standard InChI is InChI=1S/C13H18BrN3/c1-17-7-6-12-10(8-17)13(16-15-12)9-4-2-3-5-11(9)14/h2-5,10,12-13,15-16H,6-8H2,1H3. The largest absolute Gasteiger partial charge is 0.306 e. The zero-order valence-electron chi connectivity index (χ0n) is 9.99. The lowest BCUT2D eigenvalue weighted by Crippen LogP contribution is -2.43. The Labute approximate surface area is 111 Å². The first-order valence-corrected chi connectivity index (χ1v) is 6.99. The van der Waals surface area contributed by atoms with Crippen LogP contribution in [0.1, 0.15) is 18.0 Å². The molecular formula is C13H18BrN3. The molecule has 2 saturated heterocycles. The Morgan fingerprint density at radius 1 is 1.29 bits per heavy atom. The van der Waals surface area contributed by atoms with Crippen molar-refractivity contribution in [2.45, 2.75) is 18.5 Å². The van der Waals surface area contributed by atoms with E-state index in [-0.39, 0.29) is 0 Å². The van der Waals surface area contributed by atoms with Crippen LogP contribution < -0.4 is 10.9 Å². The maximum absolute atomic E-state index is 3.66. The summed E-state index contributed by atoms with van der Waals surface area (Å²) in [6.07, 6.45) is 1.23. The molecule has 0 aromatic heterocycles. The third kappa shape index (κ3) is 2.15. The third-order valence-corrected chi connectivity index (χ3v) is 4.68. The molecule has 0 aliphatic carbocycles. The monoisotopic (exact) mass is 295 g/mol. The molecule has 3 nitrogen and oxygen atoms in total. The number of hydrogen-bond acceptors (Lipinski definition) is 3. The van der Waals surface area contributed by atoms with Crippen molar-refractivity contribution in [1.82, 2.24) is 15.8 Å². The average molecular weight is 296 g/mol. The molecule has 0 spiro atoms. The Morgan fingerprint density at radius 3 is 2.94 bits per heavy atom. The summed E-state index contributed by atoms with van der Waals surface area (Å²) in [5, 5.41) is 0. The Kier molecular flexibility index (Phi) is 3.21. The van der Waals surface area contributed by atoms with Gasteiger partial charge >= 0.3 is 0 Å². The van der Waals surface area contributed by atoms with Crippen LogP contribution in [0.4, 0.5) is 0 Å². The van der Waals surface area contributed by atoms with Crippen LogP contribution in [0.15, 0.2) is 28.7 Å². The summed E-state index contributed by atoms with van der Waals surface area (Å²) < 4.78 is 1.20. The van der Waals surface area contributed by atoms with Crippen molar-refractivity contribution in [3.8, 4) is 0 Å². The van der Waals surface area contributed by atoms with Crippen molar-refractivity contribution in [1.29, 1.82) is 0 Å². The van der Waals surface area contributed by atoms with E-state index in [2.05, 4.69) is 63.0 Å². The first kappa shape index (κ1) is 11.7. The summed E-state index contributed by atoms with van der Waals surface area (Å²) in [5.41, 5.74) is 8.29. The number of likely N-dealkylation sites (tertiary alicyclic amines) is 1. The fourth-order valence-corrected chi connectivity index (χ4v) is 3.54. The van der Waals surface area contributed by atoms with Gasteiger partial charge in [-0.3, -0.25) is 5.43 Å². The molecule has 2 N–H and O–H groups in total. The molecule has 3 atom stereocenters. The fraction of sp³-hybridized carbons (Fsp3) is 0.538. The van der Waals surface area contributed by atoms with Gasteiger partial charge in [-0.1, -0.05) is 34.1 Å². The Balaban J connectivity index is 1.87. The maximum Gasteiger partial charge on any atom is 0.0529 e. The number of nitrogens with zero attached hydrogens (tertiary/aromatic N) is 1. The number of nitrogens with one attached hydrogen (secondary N) is 2. The van der Waals surface area contributed by atoms with Gasteiger partial charge in [0.1, 0.15) is 0 Å². The van der Waals surface area contributed by atoms with Gasteiger partial charge in [0, 0.05) is 23.0 Å². The molecule has 3 unspecified atom stereocenters. The van der Waals surface area contributed by atoms with Crippen LogP contribution in [0.2, 0.25) is 0 Å². The predicted octanol–water partition coefficient (Wildman–Crippen LogP) is 1.92. The van der Waals surface area contributed by atoms with E-state index in [1.54, 1.807) is 0 Å². The Bertz CT molecular complexity index is 409. The number of hydrogen-bond donors (Lipinski definition) is 2. The molecule has 0 radical (unpaired) electrons. The van der Waals surface area contributed by atoms with E-state index in [9.17, 15) is 0 Å². The number of hydrazine groups is 1. The minimum Gasteiger partial charge on any atom is -0.306 e. The lowest BCUT2D eigenvalue weighted by atomic mass is 9.85. The van der Waals surface area contributed by atoms with Crippen molar-refractivity contribution in [2.24, 2.45) is 5.92 Å². The van der Waals surface area contributed by atoms with Crippen LogP contribution in [0.5, 0.6) is 0 Å². The van der Waals surface area contributed by atoms with E-state index in [1.165, 1.54) is 23.0 Å². The van der Waals surface area contributed by atoms with Gasteiger partial charge in [-0.15, -0.1) is 0 Å². The van der Waals surface area contributed by atoms with Gasteiger partial charge in [-0.05, 0) is 31.6 Å². The number of halogens is 1. The first-order valence-electron chi connectivity index (χ1n) is 6.20. The third-order valence-electron chi connectivity index (χ3n) is 3.95. The first-order chi connectivity index (χ1) is 8.25. The van der Waals surface area contributed by atoms with Crippen LogP contribution in [0.3, 0.4) is 0 Å². The molecule has 2 heterocycles. The summed E-state index contributed by atoms with van der Waals surface area (Å²) >= 11 is 3.66. The van der Waals surface area contributed by atoms with E-state index >= 15 is 0 Å². The number of rotatable bonds is 1. The summed E-state index contributed by atoms with van der Waals surface area (Å²) in [4.78, 5) is 2.43. The van der Waals surface area contributed by atoms with Crippen LogP contribution in [-0.4, -0.2) is 31.1 Å². The van der Waals surface area contributed by atoms with E-state index in [4.69, 9.17) is 0 Å². The van der Waals surface area contributed by atoms with Gasteiger partial charge in [-0.2, -0.15) is 0 Å². The quantitative estimate of drug-likeness (QED) is 0.829. The molecule has 17 heavy (non-hydrogen) atoms. The van der Waals surface area contributed by atoms with Gasteiger partial charge < -0.3 is 4.90 Å². The maximum atomic E-state index is 3.66. The Morgan fingerprint density at radius 2 is 2.12 bits per heavy atom. The van der Waals surface area contributed by atoms with E-state index in [1.807, 2.05) is 0 Å². The normalized spacial score (nSPS) is 33.6. The van der Waals surface area contributed by atoms with E-state index < -0.39 is 0 Å². The second-order valence-corrected chi connectivity index (χ2v) is 5.96. The molecule has 2 aliphatic heterocycles. The van der Waals surface area contributed by atoms with E-state index in [0.717, 1.165) is 6.54 Å². The molecule has 1 aromatic rings. The molecule has 0 bridgehead atoms. The smallest absolute Gasteiger partial charge is 0.0529 e. The van der Waals surface area contributed by atoms with Gasteiger partial charge in [0.2, 0.25) is 0 Å². The molecule has 4 heteroatoms. The highest BCUT2D eigenvalue weighted by Gasteiger charge is 2.39. The van der Waals surface area contributed by atoms with E-state index in [0.29, 0.717) is 18.0 Å². The van der Waals surface area contributed by atoms with Crippen molar-refractivity contribution in [3.05, 3.63) is 34.3 Å².